The van der Waals surface area contributed by atoms with Crippen molar-refractivity contribution in [3.63, 3.8) is 0 Å². The summed E-state index contributed by atoms with van der Waals surface area (Å²) in [4.78, 5) is 21.1. The van der Waals surface area contributed by atoms with Gasteiger partial charge in [-0.15, -0.1) is 21.5 Å². The molecule has 3 heterocycles. The minimum Gasteiger partial charge on any atom is -0.309 e. The Morgan fingerprint density at radius 2 is 2.00 bits per heavy atom. The summed E-state index contributed by atoms with van der Waals surface area (Å²) >= 11 is 4.60. The third-order valence-corrected chi connectivity index (χ3v) is 6.62. The van der Waals surface area contributed by atoms with E-state index in [0.717, 1.165) is 25.3 Å². The lowest BCUT2D eigenvalue weighted by atomic mass is 10.1. The monoisotopic (exact) mass is 386 g/mol. The molecule has 0 aliphatic carbocycles. The van der Waals surface area contributed by atoms with Gasteiger partial charge in [-0.3, -0.25) is 4.79 Å². The molecule has 0 amide bonds. The first-order chi connectivity index (χ1) is 12.1. The van der Waals surface area contributed by atoms with Gasteiger partial charge in [-0.2, -0.15) is 0 Å². The molecule has 0 fully saturated rings. The minimum atomic E-state index is -0.0963. The van der Waals surface area contributed by atoms with Gasteiger partial charge in [0, 0.05) is 10.9 Å². The van der Waals surface area contributed by atoms with Crippen LogP contribution in [0.1, 0.15) is 23.0 Å². The lowest BCUT2D eigenvalue weighted by Gasteiger charge is -2.08. The maximum Gasteiger partial charge on any atom is 0.260 e. The Balaban J connectivity index is 1.72. The summed E-state index contributed by atoms with van der Waals surface area (Å²) in [5.74, 6) is 0.664. The Labute approximate surface area is 156 Å². The van der Waals surface area contributed by atoms with Gasteiger partial charge in [0.2, 0.25) is 0 Å². The highest BCUT2D eigenvalue weighted by atomic mass is 32.2. The van der Waals surface area contributed by atoms with Gasteiger partial charge in [-0.25, -0.2) is 4.98 Å². The number of hydrogen-bond acceptors (Lipinski definition) is 7. The molecule has 4 rings (SSSR count). The number of fused-ring (bicyclic) bond motifs is 1. The lowest BCUT2D eigenvalue weighted by molar-refractivity contribution is 0.917. The van der Waals surface area contributed by atoms with E-state index in [1.807, 2.05) is 49.6 Å². The van der Waals surface area contributed by atoms with Crippen molar-refractivity contribution in [2.24, 2.45) is 0 Å². The largest absolute Gasteiger partial charge is 0.309 e. The van der Waals surface area contributed by atoms with E-state index in [0.29, 0.717) is 11.2 Å². The summed E-state index contributed by atoms with van der Waals surface area (Å²) in [7, 11) is 0. The van der Waals surface area contributed by atoms with E-state index in [1.54, 1.807) is 23.1 Å². The molecule has 0 saturated carbocycles. The van der Waals surface area contributed by atoms with Crippen LogP contribution in [0.5, 0.6) is 0 Å². The van der Waals surface area contributed by atoms with E-state index in [4.69, 9.17) is 0 Å². The van der Waals surface area contributed by atoms with E-state index < -0.39 is 0 Å². The number of aromatic amines is 1. The predicted molar refractivity (Wildman–Crippen MR) is 105 cm³/mol. The van der Waals surface area contributed by atoms with Crippen LogP contribution < -0.4 is 5.56 Å². The van der Waals surface area contributed by atoms with Crippen LogP contribution >= 0.6 is 34.4 Å². The van der Waals surface area contributed by atoms with E-state index in [-0.39, 0.29) is 10.8 Å². The maximum atomic E-state index is 12.7. The Bertz CT molecular complexity index is 1080. The van der Waals surface area contributed by atoms with Crippen LogP contribution in [0.2, 0.25) is 0 Å². The molecule has 4 aromatic rings. The van der Waals surface area contributed by atoms with Crippen molar-refractivity contribution in [3.05, 3.63) is 56.9 Å². The molecule has 0 spiro atoms. The Hall–Kier alpha value is -2.03. The summed E-state index contributed by atoms with van der Waals surface area (Å²) in [6, 6.07) is 9.91. The van der Waals surface area contributed by atoms with E-state index >= 15 is 0 Å². The molecule has 1 aromatic carbocycles. The fourth-order valence-electron chi connectivity index (χ4n) is 2.52. The number of thiophene rings is 1. The molecule has 126 valence electrons. The highest BCUT2D eigenvalue weighted by Crippen LogP contribution is 2.36. The molecule has 5 nitrogen and oxygen atoms in total. The van der Waals surface area contributed by atoms with Gasteiger partial charge in [0.05, 0.1) is 10.6 Å². The fourth-order valence-corrected chi connectivity index (χ4v) is 5.49. The zero-order valence-corrected chi connectivity index (χ0v) is 16.0. The summed E-state index contributed by atoms with van der Waals surface area (Å²) in [5, 5.41) is 11.7. The van der Waals surface area contributed by atoms with Crippen LogP contribution in [-0.2, 0) is 0 Å². The highest BCUT2D eigenvalue weighted by molar-refractivity contribution is 8.01. The molecule has 3 aromatic heterocycles. The molecule has 1 atom stereocenters. The molecule has 0 saturated heterocycles. The second-order valence-electron chi connectivity index (χ2n) is 5.49. The average Bonchev–Trinajstić information content (AvgIpc) is 3.22. The van der Waals surface area contributed by atoms with Crippen molar-refractivity contribution in [1.29, 1.82) is 0 Å². The standard InChI is InChI=1S/C17H14N4OS3/c1-9(24-17-21-20-10(2)25-17)14-18-15(22)13-12(8-23-16(13)19-14)11-6-4-3-5-7-11/h3-9H,1-2H3,(H,18,19,22). The molecule has 0 bridgehead atoms. The molecule has 0 aliphatic heterocycles. The van der Waals surface area contributed by atoms with Crippen molar-refractivity contribution in [2.75, 3.05) is 0 Å². The number of nitrogens with zero attached hydrogens (tertiary/aromatic N) is 3. The number of thioether (sulfide) groups is 1. The first-order valence-corrected chi connectivity index (χ1v) is 10.2. The van der Waals surface area contributed by atoms with E-state index in [1.165, 1.54) is 11.3 Å². The van der Waals surface area contributed by atoms with Crippen molar-refractivity contribution in [1.82, 2.24) is 20.2 Å². The number of nitrogens with one attached hydrogen (secondary N) is 1. The van der Waals surface area contributed by atoms with Crippen LogP contribution in [0.3, 0.4) is 0 Å². The number of H-pyrrole nitrogens is 1. The quantitative estimate of drug-likeness (QED) is 0.516. The Morgan fingerprint density at radius 1 is 1.20 bits per heavy atom. The molecule has 8 heteroatoms. The number of hydrogen-bond donors (Lipinski definition) is 1. The summed E-state index contributed by atoms with van der Waals surface area (Å²) in [5.41, 5.74) is 1.86. The normalized spacial score (nSPS) is 12.6. The van der Waals surface area contributed by atoms with Crippen molar-refractivity contribution in [3.8, 4) is 11.1 Å². The van der Waals surface area contributed by atoms with Gasteiger partial charge in [0.25, 0.3) is 5.56 Å². The van der Waals surface area contributed by atoms with Gasteiger partial charge < -0.3 is 4.98 Å². The summed E-state index contributed by atoms with van der Waals surface area (Å²) in [6.07, 6.45) is 0. The second-order valence-corrected chi connectivity index (χ2v) is 9.12. The van der Waals surface area contributed by atoms with Gasteiger partial charge in [0.1, 0.15) is 15.7 Å². The van der Waals surface area contributed by atoms with Crippen molar-refractivity contribution < 1.29 is 0 Å². The topological polar surface area (TPSA) is 71.5 Å². The molecular formula is C17H14N4OS3. The van der Waals surface area contributed by atoms with Crippen LogP contribution in [-0.4, -0.2) is 20.2 Å². The van der Waals surface area contributed by atoms with Gasteiger partial charge in [-0.1, -0.05) is 53.4 Å². The minimum absolute atomic E-state index is 0.00766. The Morgan fingerprint density at radius 3 is 2.72 bits per heavy atom. The average molecular weight is 387 g/mol. The Kier molecular flexibility index (Phi) is 4.41. The first kappa shape index (κ1) is 16.4. The van der Waals surface area contributed by atoms with E-state index in [9.17, 15) is 4.79 Å². The zero-order valence-electron chi connectivity index (χ0n) is 13.5. The third kappa shape index (κ3) is 3.24. The maximum absolute atomic E-state index is 12.7. The highest BCUT2D eigenvalue weighted by Gasteiger charge is 2.17. The fraction of sp³-hybridized carbons (Fsp3) is 0.176. The zero-order chi connectivity index (χ0) is 17.4. The van der Waals surface area contributed by atoms with Gasteiger partial charge in [0.15, 0.2) is 4.34 Å². The molecule has 1 N–H and O–H groups in total. The number of benzene rings is 1. The number of aromatic nitrogens is 4. The van der Waals surface area contributed by atoms with Crippen LogP contribution in [0.15, 0.2) is 44.8 Å². The summed E-state index contributed by atoms with van der Waals surface area (Å²) < 4.78 is 0.879. The molecular weight excluding hydrogens is 372 g/mol. The first-order valence-electron chi connectivity index (χ1n) is 7.65. The van der Waals surface area contributed by atoms with Gasteiger partial charge >= 0.3 is 0 Å². The second kappa shape index (κ2) is 6.70. The summed E-state index contributed by atoms with van der Waals surface area (Å²) in [6.45, 7) is 3.94. The third-order valence-electron chi connectivity index (χ3n) is 3.72. The number of rotatable bonds is 4. The smallest absolute Gasteiger partial charge is 0.260 e. The van der Waals surface area contributed by atoms with Gasteiger partial charge in [-0.05, 0) is 19.4 Å². The number of aryl methyl sites for hydroxylation is 1. The van der Waals surface area contributed by atoms with Crippen LogP contribution in [0.4, 0.5) is 0 Å². The van der Waals surface area contributed by atoms with E-state index in [2.05, 4.69) is 20.2 Å². The molecule has 25 heavy (non-hydrogen) atoms. The molecule has 0 aliphatic rings. The van der Waals surface area contributed by atoms with Crippen LogP contribution in [0, 0.1) is 6.92 Å². The van der Waals surface area contributed by atoms with Crippen molar-refractivity contribution >= 4 is 44.7 Å². The van der Waals surface area contributed by atoms with Crippen LogP contribution in [0.25, 0.3) is 21.3 Å². The molecule has 1 unspecified atom stereocenters. The predicted octanol–water partition coefficient (Wildman–Crippen LogP) is 4.66. The van der Waals surface area contributed by atoms with Crippen molar-refractivity contribution in [2.45, 2.75) is 23.4 Å². The molecule has 0 radical (unpaired) electrons. The SMILES string of the molecule is Cc1nnc(SC(C)c2nc3scc(-c4ccccc4)c3c(=O)[nH]2)s1. The lowest BCUT2D eigenvalue weighted by Crippen LogP contribution is -2.12.